The predicted molar refractivity (Wildman–Crippen MR) is 104 cm³/mol. The first-order valence-corrected chi connectivity index (χ1v) is 8.82. The van der Waals surface area contributed by atoms with Crippen molar-refractivity contribution in [2.45, 2.75) is 13.3 Å². The minimum atomic E-state index is -0.727. The molecular weight excluding hydrogens is 345 g/mol. The first-order valence-electron chi connectivity index (χ1n) is 8.82. The van der Waals surface area contributed by atoms with Gasteiger partial charge in [-0.1, -0.05) is 49.4 Å². The zero-order valence-electron chi connectivity index (χ0n) is 14.8. The van der Waals surface area contributed by atoms with Gasteiger partial charge >= 0.3 is 0 Å². The van der Waals surface area contributed by atoms with Gasteiger partial charge < -0.3 is 0 Å². The molecule has 0 aromatic heterocycles. The van der Waals surface area contributed by atoms with Gasteiger partial charge in [-0.3, -0.25) is 0 Å². The summed E-state index contributed by atoms with van der Waals surface area (Å²) in [5, 5.41) is 2.23. The van der Waals surface area contributed by atoms with Crippen molar-refractivity contribution in [3.63, 3.8) is 0 Å². The number of hydrogen-bond acceptors (Lipinski definition) is 0. The van der Waals surface area contributed by atoms with E-state index in [9.17, 15) is 13.2 Å². The van der Waals surface area contributed by atoms with E-state index in [1.54, 1.807) is 12.1 Å². The van der Waals surface area contributed by atoms with Crippen LogP contribution in [0, 0.1) is 17.5 Å². The zero-order valence-corrected chi connectivity index (χ0v) is 14.8. The molecule has 0 unspecified atom stereocenters. The fourth-order valence-corrected chi connectivity index (χ4v) is 3.33. The van der Waals surface area contributed by atoms with Crippen molar-refractivity contribution in [1.29, 1.82) is 0 Å². The summed E-state index contributed by atoms with van der Waals surface area (Å²) in [4.78, 5) is 0. The number of halogens is 3. The maximum atomic E-state index is 14.7. The first-order chi connectivity index (χ1) is 13.0. The molecule has 134 valence electrons. The molecule has 4 rings (SSSR count). The molecule has 0 spiro atoms. The molecule has 0 saturated heterocycles. The van der Waals surface area contributed by atoms with E-state index in [2.05, 4.69) is 25.1 Å². The van der Waals surface area contributed by atoms with Crippen LogP contribution in [-0.2, 0) is 6.42 Å². The number of hydrogen-bond donors (Lipinski definition) is 0. The number of rotatable bonds is 3. The van der Waals surface area contributed by atoms with Crippen LogP contribution in [0.1, 0.15) is 12.5 Å². The summed E-state index contributed by atoms with van der Waals surface area (Å²) in [6, 6.07) is 20.1. The molecule has 4 aromatic rings. The number of aryl methyl sites for hydroxylation is 1. The fourth-order valence-electron chi connectivity index (χ4n) is 3.33. The van der Waals surface area contributed by atoms with Gasteiger partial charge in [0.05, 0.1) is 0 Å². The molecule has 0 fully saturated rings. The number of fused-ring (bicyclic) bond motifs is 1. The van der Waals surface area contributed by atoms with Gasteiger partial charge in [-0.05, 0) is 63.7 Å². The molecular formula is C24H17F3. The Kier molecular flexibility index (Phi) is 4.44. The lowest BCUT2D eigenvalue weighted by Gasteiger charge is -2.09. The molecule has 27 heavy (non-hydrogen) atoms. The van der Waals surface area contributed by atoms with Crippen molar-refractivity contribution in [2.75, 3.05) is 0 Å². The quantitative estimate of drug-likeness (QED) is 0.363. The Morgan fingerprint density at radius 2 is 1.22 bits per heavy atom. The molecule has 0 bridgehead atoms. The molecule has 3 heteroatoms. The summed E-state index contributed by atoms with van der Waals surface area (Å²) in [5.41, 5.74) is 3.23. The summed E-state index contributed by atoms with van der Waals surface area (Å²) in [5.74, 6) is -1.97. The van der Waals surface area contributed by atoms with E-state index in [0.29, 0.717) is 0 Å². The average Bonchev–Trinajstić information content (AvgIpc) is 2.66. The Labute approximate surface area is 155 Å². The molecule has 0 aliphatic rings. The minimum Gasteiger partial charge on any atom is -0.207 e. The first kappa shape index (κ1) is 17.3. The minimum absolute atomic E-state index is 0.172. The summed E-state index contributed by atoms with van der Waals surface area (Å²) in [6.07, 6.45) is 0.977. The van der Waals surface area contributed by atoms with E-state index < -0.39 is 17.5 Å². The molecule has 0 amide bonds. The third kappa shape index (κ3) is 3.45. The molecule has 0 nitrogen and oxygen atoms in total. The summed E-state index contributed by atoms with van der Waals surface area (Å²) in [6.45, 7) is 2.12. The van der Waals surface area contributed by atoms with Gasteiger partial charge in [0.1, 0.15) is 17.5 Å². The summed E-state index contributed by atoms with van der Waals surface area (Å²) >= 11 is 0. The van der Waals surface area contributed by atoms with Crippen LogP contribution in [0.15, 0.2) is 72.8 Å². The van der Waals surface area contributed by atoms with Crippen molar-refractivity contribution in [1.82, 2.24) is 0 Å². The molecule has 0 atom stereocenters. The standard InChI is InChI=1S/C24H17F3/c1-2-15-3-4-17-10-18(6-5-16(17)9-15)19-7-8-23(24(27)13-19)20-11-21(25)14-22(26)12-20/h3-14H,2H2,1H3. The SMILES string of the molecule is CCc1ccc2cc(-c3ccc(-c4cc(F)cc(F)c4)c(F)c3)ccc2c1. The monoisotopic (exact) mass is 362 g/mol. The Morgan fingerprint density at radius 3 is 1.93 bits per heavy atom. The zero-order chi connectivity index (χ0) is 19.0. The molecule has 0 saturated carbocycles. The Bertz CT molecular complexity index is 1130. The highest BCUT2D eigenvalue weighted by molar-refractivity contribution is 5.88. The van der Waals surface area contributed by atoms with E-state index in [4.69, 9.17) is 0 Å². The van der Waals surface area contributed by atoms with E-state index in [1.807, 2.05) is 18.2 Å². The lowest BCUT2D eigenvalue weighted by atomic mass is 9.97. The third-order valence-corrected chi connectivity index (χ3v) is 4.79. The number of benzene rings is 4. The van der Waals surface area contributed by atoms with Gasteiger partial charge in [0, 0.05) is 11.6 Å². The Balaban J connectivity index is 1.74. The van der Waals surface area contributed by atoms with E-state index in [-0.39, 0.29) is 11.1 Å². The fraction of sp³-hybridized carbons (Fsp3) is 0.0833. The Morgan fingerprint density at radius 1 is 0.593 bits per heavy atom. The van der Waals surface area contributed by atoms with Gasteiger partial charge in [-0.25, -0.2) is 13.2 Å². The van der Waals surface area contributed by atoms with Crippen LogP contribution < -0.4 is 0 Å². The van der Waals surface area contributed by atoms with Crippen LogP contribution in [-0.4, -0.2) is 0 Å². The van der Waals surface area contributed by atoms with E-state index in [1.165, 1.54) is 11.6 Å². The molecule has 0 aliphatic carbocycles. The third-order valence-electron chi connectivity index (χ3n) is 4.79. The molecule has 0 aliphatic heterocycles. The maximum absolute atomic E-state index is 14.7. The van der Waals surface area contributed by atoms with Gasteiger partial charge in [-0.15, -0.1) is 0 Å². The molecule has 0 N–H and O–H groups in total. The lowest BCUT2D eigenvalue weighted by molar-refractivity contribution is 0.583. The molecule has 0 heterocycles. The highest BCUT2D eigenvalue weighted by Crippen LogP contribution is 2.30. The van der Waals surface area contributed by atoms with Crippen LogP contribution in [0.3, 0.4) is 0 Å². The van der Waals surface area contributed by atoms with Crippen LogP contribution in [0.25, 0.3) is 33.0 Å². The summed E-state index contributed by atoms with van der Waals surface area (Å²) in [7, 11) is 0. The Hall–Kier alpha value is -3.07. The topological polar surface area (TPSA) is 0 Å². The largest absolute Gasteiger partial charge is 0.207 e. The second-order valence-electron chi connectivity index (χ2n) is 6.60. The van der Waals surface area contributed by atoms with Gasteiger partial charge in [0.25, 0.3) is 0 Å². The van der Waals surface area contributed by atoms with Crippen LogP contribution in [0.4, 0.5) is 13.2 Å². The average molecular weight is 362 g/mol. The normalized spacial score (nSPS) is 11.1. The smallest absolute Gasteiger partial charge is 0.131 e. The van der Waals surface area contributed by atoms with Crippen LogP contribution >= 0.6 is 0 Å². The van der Waals surface area contributed by atoms with Crippen molar-refractivity contribution in [3.05, 3.63) is 95.8 Å². The van der Waals surface area contributed by atoms with Gasteiger partial charge in [-0.2, -0.15) is 0 Å². The van der Waals surface area contributed by atoms with Gasteiger partial charge in [0.15, 0.2) is 0 Å². The molecule has 0 radical (unpaired) electrons. The summed E-state index contributed by atoms with van der Waals surface area (Å²) < 4.78 is 41.5. The second kappa shape index (κ2) is 6.92. The van der Waals surface area contributed by atoms with Crippen LogP contribution in [0.5, 0.6) is 0 Å². The second-order valence-corrected chi connectivity index (χ2v) is 6.60. The van der Waals surface area contributed by atoms with Crippen molar-refractivity contribution < 1.29 is 13.2 Å². The lowest BCUT2D eigenvalue weighted by Crippen LogP contribution is -1.89. The maximum Gasteiger partial charge on any atom is 0.131 e. The highest BCUT2D eigenvalue weighted by Gasteiger charge is 2.10. The van der Waals surface area contributed by atoms with E-state index in [0.717, 1.165) is 46.5 Å². The van der Waals surface area contributed by atoms with Gasteiger partial charge in [0.2, 0.25) is 0 Å². The van der Waals surface area contributed by atoms with Crippen molar-refractivity contribution in [3.8, 4) is 22.3 Å². The van der Waals surface area contributed by atoms with Crippen molar-refractivity contribution in [2.24, 2.45) is 0 Å². The van der Waals surface area contributed by atoms with E-state index >= 15 is 0 Å². The highest BCUT2D eigenvalue weighted by atomic mass is 19.1. The van der Waals surface area contributed by atoms with Crippen molar-refractivity contribution >= 4 is 10.8 Å². The molecule has 4 aromatic carbocycles. The van der Waals surface area contributed by atoms with Crippen LogP contribution in [0.2, 0.25) is 0 Å². The predicted octanol–water partition coefficient (Wildman–Crippen LogP) is 7.15.